The fourth-order valence-electron chi connectivity index (χ4n) is 8.77. The van der Waals surface area contributed by atoms with E-state index in [2.05, 4.69) is 136 Å². The lowest BCUT2D eigenvalue weighted by molar-refractivity contribution is 0.658. The Hall–Kier alpha value is -6.85. The molecule has 0 radical (unpaired) electrons. The number of rotatable bonds is 1. The number of hydrogen-bond acceptors (Lipinski definition) is 3. The molecule has 230 valence electrons. The van der Waals surface area contributed by atoms with Crippen LogP contribution in [-0.2, 0) is 0 Å². The molecule has 5 nitrogen and oxygen atoms in total. The molecule has 0 unspecified atom stereocenters. The summed E-state index contributed by atoms with van der Waals surface area (Å²) >= 11 is 0. The molecular formula is C45H23N3O2. The van der Waals surface area contributed by atoms with Gasteiger partial charge in [0.2, 0.25) is 5.78 Å². The van der Waals surface area contributed by atoms with Crippen molar-refractivity contribution in [3.8, 4) is 11.1 Å². The van der Waals surface area contributed by atoms with E-state index >= 15 is 0 Å². The number of aromatic nitrogens is 3. The second-order valence-electron chi connectivity index (χ2n) is 13.6. The van der Waals surface area contributed by atoms with Crippen LogP contribution in [0.15, 0.2) is 148 Å². The van der Waals surface area contributed by atoms with Crippen LogP contribution in [0.4, 0.5) is 0 Å². The van der Waals surface area contributed by atoms with Crippen LogP contribution in [0, 0.1) is 0 Å². The zero-order chi connectivity index (χ0) is 32.2. The van der Waals surface area contributed by atoms with Gasteiger partial charge in [-0.3, -0.25) is 8.80 Å². The first-order valence-electron chi connectivity index (χ1n) is 17.0. The summed E-state index contributed by atoms with van der Waals surface area (Å²) in [6.45, 7) is 0. The number of benzene rings is 8. The van der Waals surface area contributed by atoms with E-state index < -0.39 is 0 Å². The zero-order valence-corrected chi connectivity index (χ0v) is 26.4. The molecular weight excluding hydrogens is 615 g/mol. The topological polar surface area (TPSA) is 48.0 Å². The van der Waals surface area contributed by atoms with E-state index in [9.17, 15) is 0 Å². The normalized spacial score (nSPS) is 12.8. The van der Waals surface area contributed by atoms with Crippen molar-refractivity contribution in [1.29, 1.82) is 0 Å². The van der Waals surface area contributed by atoms with Gasteiger partial charge in [0.25, 0.3) is 0 Å². The second kappa shape index (κ2) is 8.59. The minimum atomic E-state index is 0.832. The molecule has 0 aliphatic rings. The van der Waals surface area contributed by atoms with Crippen molar-refractivity contribution in [2.45, 2.75) is 0 Å². The van der Waals surface area contributed by atoms with Gasteiger partial charge in [-0.2, -0.15) is 0 Å². The first-order chi connectivity index (χ1) is 24.8. The Morgan fingerprint density at radius 1 is 0.420 bits per heavy atom. The highest BCUT2D eigenvalue weighted by atomic mass is 16.3. The van der Waals surface area contributed by atoms with Crippen molar-refractivity contribution in [1.82, 2.24) is 13.8 Å². The Balaban J connectivity index is 1.28. The predicted molar refractivity (Wildman–Crippen MR) is 205 cm³/mol. The Kier molecular flexibility index (Phi) is 4.33. The van der Waals surface area contributed by atoms with Crippen molar-refractivity contribution >= 4 is 110 Å². The SMILES string of the molecule is c1ccc2cc3c(cc2c1)nc1n3c2cc(-c3c4oc5ccccc5c4cc4c3oc3ccccc34)cc3c4cc5ccccc5cc4n1c32. The Morgan fingerprint density at radius 3 is 1.68 bits per heavy atom. The fourth-order valence-corrected chi connectivity index (χ4v) is 8.77. The summed E-state index contributed by atoms with van der Waals surface area (Å²) in [5.41, 5.74) is 10.9. The molecule has 13 rings (SSSR count). The number of furan rings is 2. The highest BCUT2D eigenvalue weighted by molar-refractivity contribution is 6.25. The maximum atomic E-state index is 6.76. The third-order valence-electron chi connectivity index (χ3n) is 11.0. The zero-order valence-electron chi connectivity index (χ0n) is 26.4. The molecule has 5 aromatic heterocycles. The average molecular weight is 638 g/mol. The molecule has 5 heteroatoms. The first-order valence-corrected chi connectivity index (χ1v) is 17.0. The van der Waals surface area contributed by atoms with Crippen LogP contribution in [0.1, 0.15) is 0 Å². The maximum absolute atomic E-state index is 6.76. The summed E-state index contributed by atoms with van der Waals surface area (Å²) in [5, 5.41) is 11.5. The fraction of sp³-hybridized carbons (Fsp3) is 0. The van der Waals surface area contributed by atoms with Gasteiger partial charge in [-0.1, -0.05) is 84.9 Å². The van der Waals surface area contributed by atoms with Gasteiger partial charge in [-0.25, -0.2) is 4.98 Å². The molecule has 0 saturated heterocycles. The van der Waals surface area contributed by atoms with Gasteiger partial charge in [0.1, 0.15) is 22.3 Å². The quantitative estimate of drug-likeness (QED) is 0.180. The van der Waals surface area contributed by atoms with Gasteiger partial charge in [0, 0.05) is 32.3 Å². The molecule has 13 aromatic rings. The number of hydrogen-bond donors (Lipinski definition) is 0. The van der Waals surface area contributed by atoms with Crippen LogP contribution in [0.25, 0.3) is 121 Å². The number of fused-ring (bicyclic) bond motifs is 16. The molecule has 0 spiro atoms. The Bertz CT molecular complexity index is 3520. The van der Waals surface area contributed by atoms with Crippen molar-refractivity contribution in [3.63, 3.8) is 0 Å². The lowest BCUT2D eigenvalue weighted by Gasteiger charge is -2.07. The summed E-state index contributed by atoms with van der Waals surface area (Å²) in [4.78, 5) is 5.33. The number of imidazole rings is 2. The van der Waals surface area contributed by atoms with Crippen LogP contribution < -0.4 is 0 Å². The van der Waals surface area contributed by atoms with E-state index in [0.717, 1.165) is 88.4 Å². The minimum absolute atomic E-state index is 0.832. The summed E-state index contributed by atoms with van der Waals surface area (Å²) in [6.07, 6.45) is 0. The smallest absolute Gasteiger partial charge is 0.220 e. The average Bonchev–Trinajstić information content (AvgIpc) is 3.95. The van der Waals surface area contributed by atoms with Gasteiger partial charge >= 0.3 is 0 Å². The predicted octanol–water partition coefficient (Wildman–Crippen LogP) is 12.3. The minimum Gasteiger partial charge on any atom is -0.455 e. The molecule has 8 aromatic carbocycles. The van der Waals surface area contributed by atoms with Crippen molar-refractivity contribution < 1.29 is 8.83 Å². The van der Waals surface area contributed by atoms with Gasteiger partial charge in [0.05, 0.1) is 33.1 Å². The molecule has 5 heterocycles. The first kappa shape index (κ1) is 25.2. The summed E-state index contributed by atoms with van der Waals surface area (Å²) < 4.78 is 18.2. The molecule has 0 aliphatic carbocycles. The van der Waals surface area contributed by atoms with Gasteiger partial charge in [0.15, 0.2) is 0 Å². The molecule has 0 atom stereocenters. The van der Waals surface area contributed by atoms with E-state index in [0.29, 0.717) is 0 Å². The molecule has 0 amide bonds. The summed E-state index contributed by atoms with van der Waals surface area (Å²) in [7, 11) is 0. The number of nitrogens with zero attached hydrogens (tertiary/aromatic N) is 3. The van der Waals surface area contributed by atoms with Crippen LogP contribution in [0.2, 0.25) is 0 Å². The van der Waals surface area contributed by atoms with Gasteiger partial charge in [-0.05, 0) is 81.7 Å². The number of para-hydroxylation sites is 2. The lowest BCUT2D eigenvalue weighted by Crippen LogP contribution is -1.86. The third-order valence-corrected chi connectivity index (χ3v) is 11.0. The lowest BCUT2D eigenvalue weighted by atomic mass is 9.96. The van der Waals surface area contributed by atoms with Crippen LogP contribution in [0.5, 0.6) is 0 Å². The van der Waals surface area contributed by atoms with E-state index in [4.69, 9.17) is 13.8 Å². The highest BCUT2D eigenvalue weighted by Gasteiger charge is 2.26. The molecule has 50 heavy (non-hydrogen) atoms. The van der Waals surface area contributed by atoms with E-state index in [1.54, 1.807) is 0 Å². The molecule has 0 saturated carbocycles. The largest absolute Gasteiger partial charge is 0.455 e. The van der Waals surface area contributed by atoms with Crippen molar-refractivity contribution in [2.75, 3.05) is 0 Å². The second-order valence-corrected chi connectivity index (χ2v) is 13.6. The van der Waals surface area contributed by atoms with Crippen LogP contribution >= 0.6 is 0 Å². The van der Waals surface area contributed by atoms with E-state index in [-0.39, 0.29) is 0 Å². The molecule has 0 bridgehead atoms. The molecule has 0 fully saturated rings. The third kappa shape index (κ3) is 2.98. The van der Waals surface area contributed by atoms with E-state index in [1.165, 1.54) is 32.3 Å². The van der Waals surface area contributed by atoms with Crippen LogP contribution in [-0.4, -0.2) is 13.8 Å². The maximum Gasteiger partial charge on any atom is 0.220 e. The molecule has 0 N–H and O–H groups in total. The monoisotopic (exact) mass is 637 g/mol. The van der Waals surface area contributed by atoms with Crippen molar-refractivity contribution in [2.24, 2.45) is 0 Å². The highest BCUT2D eigenvalue weighted by Crippen LogP contribution is 2.47. The van der Waals surface area contributed by atoms with Gasteiger partial charge < -0.3 is 8.83 Å². The Labute approximate surface area is 282 Å². The van der Waals surface area contributed by atoms with E-state index in [1.807, 2.05) is 12.1 Å². The summed E-state index contributed by atoms with van der Waals surface area (Å²) in [6, 6.07) is 49.8. The van der Waals surface area contributed by atoms with Crippen LogP contribution in [0.3, 0.4) is 0 Å². The Morgan fingerprint density at radius 2 is 1.00 bits per heavy atom. The molecule has 0 aliphatic heterocycles. The van der Waals surface area contributed by atoms with Gasteiger partial charge in [-0.15, -0.1) is 0 Å². The standard InChI is InChI=1S/C45H23N3O2/c1-3-11-26-20-36-31(17-24(26)9-1)32-18-28(22-38-42(32)48(36)45-46-35-19-25-10-2-4-12-27(25)21-37(35)47(38)45)41-43-33(29-13-5-7-15-39(29)49-43)23-34-30-14-6-8-16-40(30)50-44(34)41/h1-23H. The van der Waals surface area contributed by atoms with Crippen molar-refractivity contribution in [3.05, 3.63) is 140 Å². The summed E-state index contributed by atoms with van der Waals surface area (Å²) in [5.74, 6) is 0.911.